The lowest BCUT2D eigenvalue weighted by Crippen LogP contribution is -2.29. The van der Waals surface area contributed by atoms with Crippen LogP contribution in [0.2, 0.25) is 0 Å². The maximum absolute atomic E-state index is 11.8. The van der Waals surface area contributed by atoms with Gasteiger partial charge in [-0.1, -0.05) is 18.5 Å². The largest absolute Gasteiger partial charge is 0.358 e. The van der Waals surface area contributed by atoms with Gasteiger partial charge in [0.15, 0.2) is 16.1 Å². The van der Waals surface area contributed by atoms with Gasteiger partial charge in [0.25, 0.3) is 0 Å². The Bertz CT molecular complexity index is 397. The van der Waals surface area contributed by atoms with Crippen LogP contribution in [0.25, 0.3) is 0 Å². The van der Waals surface area contributed by atoms with Crippen molar-refractivity contribution in [3.63, 3.8) is 0 Å². The number of ketones is 1. The van der Waals surface area contributed by atoms with Crippen LogP contribution < -0.4 is 0 Å². The van der Waals surface area contributed by atoms with Crippen molar-refractivity contribution >= 4 is 21.7 Å². The molecule has 1 aromatic heterocycles. The van der Waals surface area contributed by atoms with Gasteiger partial charge in [0.1, 0.15) is 0 Å². The van der Waals surface area contributed by atoms with Crippen LogP contribution in [0.1, 0.15) is 48.7 Å². The quantitative estimate of drug-likeness (QED) is 0.802. The average molecular weight is 301 g/mol. The molecule has 17 heavy (non-hydrogen) atoms. The average Bonchev–Trinajstić information content (AvgIpc) is 2.71. The van der Waals surface area contributed by atoms with Crippen molar-refractivity contribution in [2.24, 2.45) is 0 Å². The molecule has 94 valence electrons. The molecule has 0 N–H and O–H groups in total. The monoisotopic (exact) mass is 300 g/mol. The lowest BCUT2D eigenvalue weighted by molar-refractivity contribution is 0.0983. The van der Waals surface area contributed by atoms with E-state index in [-0.39, 0.29) is 5.78 Å². The number of aromatic nitrogens is 1. The molecule has 2 heterocycles. The minimum atomic E-state index is 0.0881. The Kier molecular flexibility index (Phi) is 4.34. The Balaban J connectivity index is 2.12. The molecule has 0 radical (unpaired) electrons. The molecule has 4 nitrogen and oxygen atoms in total. The van der Waals surface area contributed by atoms with E-state index in [1.54, 1.807) is 0 Å². The molecule has 0 amide bonds. The van der Waals surface area contributed by atoms with Crippen LogP contribution in [-0.2, 0) is 6.54 Å². The van der Waals surface area contributed by atoms with E-state index in [1.165, 1.54) is 19.3 Å². The Morgan fingerprint density at radius 3 is 2.76 bits per heavy atom. The Labute approximate surface area is 109 Å². The standard InChI is InChI=1S/C12H17BrN2O2/c1-2-9(16)11-10(17-14-12(11)13)8-15-6-4-3-5-7-15/h2-8H2,1H3. The number of hydrogen-bond acceptors (Lipinski definition) is 4. The number of Topliss-reactive ketones (excluding diaryl/α,β-unsaturated/α-hetero) is 1. The van der Waals surface area contributed by atoms with Gasteiger partial charge in [0, 0.05) is 6.42 Å². The SMILES string of the molecule is CCC(=O)c1c(Br)noc1CN1CCCCC1. The number of likely N-dealkylation sites (tertiary alicyclic amines) is 1. The van der Waals surface area contributed by atoms with Crippen molar-refractivity contribution in [1.82, 2.24) is 10.1 Å². The third-order valence-corrected chi connectivity index (χ3v) is 3.68. The van der Waals surface area contributed by atoms with Gasteiger partial charge in [-0.2, -0.15) is 0 Å². The molecular weight excluding hydrogens is 284 g/mol. The zero-order valence-corrected chi connectivity index (χ0v) is 11.6. The number of hydrogen-bond donors (Lipinski definition) is 0. The molecule has 0 saturated carbocycles. The summed E-state index contributed by atoms with van der Waals surface area (Å²) in [4.78, 5) is 14.1. The van der Waals surface area contributed by atoms with E-state index in [9.17, 15) is 4.79 Å². The molecule has 1 saturated heterocycles. The van der Waals surface area contributed by atoms with Gasteiger partial charge >= 0.3 is 0 Å². The van der Waals surface area contributed by atoms with Crippen molar-refractivity contribution in [1.29, 1.82) is 0 Å². The molecule has 0 atom stereocenters. The Morgan fingerprint density at radius 1 is 1.41 bits per heavy atom. The van der Waals surface area contributed by atoms with Crippen molar-refractivity contribution in [3.05, 3.63) is 15.9 Å². The number of carbonyl (C=O) groups excluding carboxylic acids is 1. The summed E-state index contributed by atoms with van der Waals surface area (Å²) >= 11 is 3.28. The molecule has 1 aromatic rings. The second kappa shape index (κ2) is 5.78. The minimum absolute atomic E-state index is 0.0881. The van der Waals surface area contributed by atoms with E-state index < -0.39 is 0 Å². The van der Waals surface area contributed by atoms with Gasteiger partial charge in [-0.25, -0.2) is 0 Å². The first kappa shape index (κ1) is 12.8. The van der Waals surface area contributed by atoms with Crippen LogP contribution in [0.4, 0.5) is 0 Å². The van der Waals surface area contributed by atoms with Crippen molar-refractivity contribution in [2.75, 3.05) is 13.1 Å². The molecule has 1 fully saturated rings. The topological polar surface area (TPSA) is 46.3 Å². The number of rotatable bonds is 4. The normalized spacial score (nSPS) is 17.3. The third-order valence-electron chi connectivity index (χ3n) is 3.14. The fourth-order valence-electron chi connectivity index (χ4n) is 2.18. The second-order valence-electron chi connectivity index (χ2n) is 4.39. The van der Waals surface area contributed by atoms with Crippen molar-refractivity contribution in [3.8, 4) is 0 Å². The number of carbonyl (C=O) groups is 1. The molecule has 0 bridgehead atoms. The van der Waals surface area contributed by atoms with E-state index in [2.05, 4.69) is 26.0 Å². The van der Waals surface area contributed by atoms with Gasteiger partial charge in [-0.05, 0) is 41.9 Å². The van der Waals surface area contributed by atoms with E-state index >= 15 is 0 Å². The molecule has 5 heteroatoms. The lowest BCUT2D eigenvalue weighted by atomic mass is 10.1. The first-order valence-electron chi connectivity index (χ1n) is 6.12. The summed E-state index contributed by atoms with van der Waals surface area (Å²) < 4.78 is 5.80. The molecule has 2 rings (SSSR count). The molecule has 0 aliphatic carbocycles. The smallest absolute Gasteiger partial charge is 0.169 e. The summed E-state index contributed by atoms with van der Waals surface area (Å²) in [5, 5.41) is 3.85. The number of piperidine rings is 1. The molecule has 0 spiro atoms. The molecule has 0 aromatic carbocycles. The zero-order chi connectivity index (χ0) is 12.3. The minimum Gasteiger partial charge on any atom is -0.358 e. The maximum atomic E-state index is 11.8. The first-order chi connectivity index (χ1) is 8.22. The Hall–Kier alpha value is -0.680. The summed E-state index contributed by atoms with van der Waals surface area (Å²) in [6, 6.07) is 0. The van der Waals surface area contributed by atoms with Crippen molar-refractivity contribution in [2.45, 2.75) is 39.2 Å². The summed E-state index contributed by atoms with van der Waals surface area (Å²) in [7, 11) is 0. The van der Waals surface area contributed by atoms with Gasteiger partial charge in [-0.3, -0.25) is 9.69 Å². The highest BCUT2D eigenvalue weighted by Gasteiger charge is 2.22. The van der Waals surface area contributed by atoms with E-state index in [0.717, 1.165) is 13.1 Å². The highest BCUT2D eigenvalue weighted by Crippen LogP contribution is 2.23. The van der Waals surface area contributed by atoms with Crippen LogP contribution in [-0.4, -0.2) is 28.9 Å². The summed E-state index contributed by atoms with van der Waals surface area (Å²) in [6.45, 7) is 4.71. The fourth-order valence-corrected chi connectivity index (χ4v) is 2.69. The van der Waals surface area contributed by atoms with Crippen LogP contribution in [0.5, 0.6) is 0 Å². The zero-order valence-electron chi connectivity index (χ0n) is 10.0. The maximum Gasteiger partial charge on any atom is 0.169 e. The van der Waals surface area contributed by atoms with E-state index in [1.807, 2.05) is 6.92 Å². The van der Waals surface area contributed by atoms with Crippen LogP contribution >= 0.6 is 15.9 Å². The van der Waals surface area contributed by atoms with Gasteiger partial charge in [0.2, 0.25) is 0 Å². The predicted molar refractivity (Wildman–Crippen MR) is 68.0 cm³/mol. The van der Waals surface area contributed by atoms with E-state index in [4.69, 9.17) is 4.52 Å². The molecule has 1 aliphatic heterocycles. The number of nitrogens with zero attached hydrogens (tertiary/aromatic N) is 2. The van der Waals surface area contributed by atoms with E-state index in [0.29, 0.717) is 28.9 Å². The highest BCUT2D eigenvalue weighted by molar-refractivity contribution is 9.10. The molecule has 1 aliphatic rings. The fraction of sp³-hybridized carbons (Fsp3) is 0.667. The van der Waals surface area contributed by atoms with Gasteiger partial charge in [-0.15, -0.1) is 0 Å². The lowest BCUT2D eigenvalue weighted by Gasteiger charge is -2.25. The third kappa shape index (κ3) is 2.96. The van der Waals surface area contributed by atoms with Crippen LogP contribution in [0.3, 0.4) is 0 Å². The summed E-state index contributed by atoms with van der Waals surface area (Å²) in [6.07, 6.45) is 4.24. The second-order valence-corrected chi connectivity index (χ2v) is 5.14. The Morgan fingerprint density at radius 2 is 2.12 bits per heavy atom. The highest BCUT2D eigenvalue weighted by atomic mass is 79.9. The number of halogens is 1. The van der Waals surface area contributed by atoms with Gasteiger partial charge in [0.05, 0.1) is 12.1 Å². The molecule has 0 unspecified atom stereocenters. The van der Waals surface area contributed by atoms with Crippen LogP contribution in [0, 0.1) is 0 Å². The molecular formula is C12H17BrN2O2. The predicted octanol–water partition coefficient (Wildman–Crippen LogP) is 3.02. The van der Waals surface area contributed by atoms with Gasteiger partial charge < -0.3 is 4.52 Å². The van der Waals surface area contributed by atoms with Crippen molar-refractivity contribution < 1.29 is 9.32 Å². The summed E-state index contributed by atoms with van der Waals surface area (Å²) in [5.41, 5.74) is 0.623. The van der Waals surface area contributed by atoms with Crippen LogP contribution in [0.15, 0.2) is 9.13 Å². The summed E-state index contributed by atoms with van der Waals surface area (Å²) in [5.74, 6) is 0.788. The first-order valence-corrected chi connectivity index (χ1v) is 6.91.